The van der Waals surface area contributed by atoms with E-state index in [4.69, 9.17) is 4.74 Å². The number of aryl methyl sites for hydroxylation is 1. The van der Waals surface area contributed by atoms with E-state index in [1.54, 1.807) is 12.4 Å². The molecule has 6 heteroatoms. The summed E-state index contributed by atoms with van der Waals surface area (Å²) in [5.41, 5.74) is 2.19. The molecule has 0 spiro atoms. The van der Waals surface area contributed by atoms with E-state index in [0.717, 1.165) is 48.9 Å². The molecule has 1 atom stereocenters. The Bertz CT molecular complexity index is 924. The van der Waals surface area contributed by atoms with Crippen molar-refractivity contribution in [2.24, 2.45) is 5.92 Å². The van der Waals surface area contributed by atoms with Gasteiger partial charge in [-0.1, -0.05) is 18.2 Å². The van der Waals surface area contributed by atoms with Crippen molar-refractivity contribution >= 4 is 5.91 Å². The summed E-state index contributed by atoms with van der Waals surface area (Å²) in [6.45, 7) is 4.55. The summed E-state index contributed by atoms with van der Waals surface area (Å²) in [6, 6.07) is 13.4. The Labute approximate surface area is 164 Å². The molecule has 1 fully saturated rings. The van der Waals surface area contributed by atoms with Crippen LogP contribution < -0.4 is 4.74 Å². The van der Waals surface area contributed by atoms with Crippen LogP contribution in [0.2, 0.25) is 0 Å². The highest BCUT2D eigenvalue weighted by Crippen LogP contribution is 2.24. The smallest absolute Gasteiger partial charge is 0.260 e. The second kappa shape index (κ2) is 8.25. The first-order chi connectivity index (χ1) is 13.7. The number of hydrogen-bond acceptors (Lipinski definition) is 4. The molecule has 0 aliphatic carbocycles. The van der Waals surface area contributed by atoms with Gasteiger partial charge in [-0.05, 0) is 43.5 Å². The first-order valence-corrected chi connectivity index (χ1v) is 9.59. The third kappa shape index (κ3) is 4.06. The fourth-order valence-corrected chi connectivity index (χ4v) is 3.64. The Morgan fingerprint density at radius 3 is 2.75 bits per heavy atom. The molecule has 3 aromatic rings. The van der Waals surface area contributed by atoms with E-state index < -0.39 is 0 Å². The van der Waals surface area contributed by atoms with E-state index in [1.807, 2.05) is 53.6 Å². The molecule has 0 radical (unpaired) electrons. The highest BCUT2D eigenvalue weighted by Gasteiger charge is 2.27. The van der Waals surface area contributed by atoms with Crippen LogP contribution in [0, 0.1) is 12.8 Å². The van der Waals surface area contributed by atoms with Crippen LogP contribution >= 0.6 is 0 Å². The number of imidazole rings is 1. The van der Waals surface area contributed by atoms with Crippen molar-refractivity contribution in [2.75, 3.05) is 19.7 Å². The minimum atomic E-state index is 0.0445. The fourth-order valence-electron chi connectivity index (χ4n) is 3.64. The van der Waals surface area contributed by atoms with Crippen LogP contribution in [-0.4, -0.2) is 45.0 Å². The first kappa shape index (κ1) is 18.2. The molecule has 3 heterocycles. The number of ether oxygens (including phenoxy) is 1. The van der Waals surface area contributed by atoms with Gasteiger partial charge in [-0.25, -0.2) is 4.98 Å². The second-order valence-electron chi connectivity index (χ2n) is 7.17. The summed E-state index contributed by atoms with van der Waals surface area (Å²) in [7, 11) is 0. The molecule has 28 heavy (non-hydrogen) atoms. The van der Waals surface area contributed by atoms with Crippen LogP contribution in [0.1, 0.15) is 12.1 Å². The van der Waals surface area contributed by atoms with E-state index in [1.165, 1.54) is 0 Å². The van der Waals surface area contributed by atoms with Gasteiger partial charge in [-0.3, -0.25) is 9.78 Å². The van der Waals surface area contributed by atoms with Crippen molar-refractivity contribution in [3.05, 3.63) is 66.7 Å². The van der Waals surface area contributed by atoms with Crippen LogP contribution in [0.3, 0.4) is 0 Å². The number of carbonyl (C=O) groups excluding carboxylic acids is 1. The summed E-state index contributed by atoms with van der Waals surface area (Å²) in [6.07, 6.45) is 6.46. The molecule has 1 aromatic carbocycles. The van der Waals surface area contributed by atoms with Crippen molar-refractivity contribution in [3.63, 3.8) is 0 Å². The quantitative estimate of drug-likeness (QED) is 0.663. The zero-order chi connectivity index (χ0) is 19.3. The lowest BCUT2D eigenvalue weighted by Gasteiger charge is -2.18. The van der Waals surface area contributed by atoms with Gasteiger partial charge < -0.3 is 14.2 Å². The number of para-hydroxylation sites is 1. The van der Waals surface area contributed by atoms with Gasteiger partial charge in [0.25, 0.3) is 5.91 Å². The number of amides is 1. The van der Waals surface area contributed by atoms with Crippen LogP contribution in [0.4, 0.5) is 0 Å². The van der Waals surface area contributed by atoms with Gasteiger partial charge >= 0.3 is 0 Å². The zero-order valence-electron chi connectivity index (χ0n) is 16.0. The van der Waals surface area contributed by atoms with Crippen LogP contribution in [-0.2, 0) is 11.3 Å². The van der Waals surface area contributed by atoms with Gasteiger partial charge in [-0.15, -0.1) is 0 Å². The number of rotatable bonds is 6. The molecule has 1 amide bonds. The molecule has 1 unspecified atom stereocenters. The van der Waals surface area contributed by atoms with E-state index >= 15 is 0 Å². The maximum absolute atomic E-state index is 12.5. The van der Waals surface area contributed by atoms with Crippen molar-refractivity contribution in [2.45, 2.75) is 19.9 Å². The molecule has 4 rings (SSSR count). The van der Waals surface area contributed by atoms with Crippen molar-refractivity contribution in [1.82, 2.24) is 19.4 Å². The number of likely N-dealkylation sites (tertiary alicyclic amines) is 1. The molecule has 2 aromatic heterocycles. The van der Waals surface area contributed by atoms with E-state index in [-0.39, 0.29) is 12.5 Å². The SMILES string of the molecule is Cc1cnc(-c2ccncc2)n1CC1CCN(C(=O)COc2ccccc2)C1. The van der Waals surface area contributed by atoms with Crippen molar-refractivity contribution in [3.8, 4) is 17.1 Å². The highest BCUT2D eigenvalue weighted by molar-refractivity contribution is 5.78. The molecule has 1 saturated heterocycles. The third-order valence-electron chi connectivity index (χ3n) is 5.18. The average Bonchev–Trinajstić information content (AvgIpc) is 3.35. The lowest BCUT2D eigenvalue weighted by Crippen LogP contribution is -2.33. The average molecular weight is 376 g/mol. The molecule has 144 valence electrons. The molecule has 0 bridgehead atoms. The molecule has 6 nitrogen and oxygen atoms in total. The Balaban J connectivity index is 1.36. The summed E-state index contributed by atoms with van der Waals surface area (Å²) in [5, 5.41) is 0. The largest absolute Gasteiger partial charge is 0.484 e. The summed E-state index contributed by atoms with van der Waals surface area (Å²) >= 11 is 0. The van der Waals surface area contributed by atoms with Gasteiger partial charge in [0.1, 0.15) is 11.6 Å². The van der Waals surface area contributed by atoms with Gasteiger partial charge in [0.2, 0.25) is 0 Å². The predicted molar refractivity (Wildman–Crippen MR) is 107 cm³/mol. The number of pyridine rings is 1. The molecule has 1 aliphatic rings. The molecule has 1 aliphatic heterocycles. The number of benzene rings is 1. The van der Waals surface area contributed by atoms with Crippen LogP contribution in [0.15, 0.2) is 61.1 Å². The Morgan fingerprint density at radius 1 is 1.18 bits per heavy atom. The lowest BCUT2D eigenvalue weighted by atomic mass is 10.1. The molecular formula is C22H24N4O2. The van der Waals surface area contributed by atoms with Gasteiger partial charge in [0, 0.05) is 49.5 Å². The monoisotopic (exact) mass is 376 g/mol. The predicted octanol–water partition coefficient (Wildman–Crippen LogP) is 3.18. The van der Waals surface area contributed by atoms with Crippen molar-refractivity contribution < 1.29 is 9.53 Å². The van der Waals surface area contributed by atoms with E-state index in [9.17, 15) is 4.79 Å². The van der Waals surface area contributed by atoms with Crippen molar-refractivity contribution in [1.29, 1.82) is 0 Å². The Hall–Kier alpha value is -3.15. The third-order valence-corrected chi connectivity index (χ3v) is 5.18. The second-order valence-corrected chi connectivity index (χ2v) is 7.17. The van der Waals surface area contributed by atoms with E-state index in [2.05, 4.69) is 21.5 Å². The Kier molecular flexibility index (Phi) is 5.37. The maximum atomic E-state index is 12.5. The summed E-state index contributed by atoms with van der Waals surface area (Å²) < 4.78 is 7.85. The first-order valence-electron chi connectivity index (χ1n) is 9.59. The lowest BCUT2D eigenvalue weighted by molar-refractivity contribution is -0.132. The number of nitrogens with zero attached hydrogens (tertiary/aromatic N) is 4. The fraction of sp³-hybridized carbons (Fsp3) is 0.318. The number of aromatic nitrogens is 3. The van der Waals surface area contributed by atoms with Gasteiger partial charge in [0.05, 0.1) is 0 Å². The summed E-state index contributed by atoms with van der Waals surface area (Å²) in [4.78, 5) is 23.1. The summed E-state index contributed by atoms with van der Waals surface area (Å²) in [5.74, 6) is 2.14. The number of carbonyl (C=O) groups is 1. The molecule has 0 saturated carbocycles. The standard InChI is InChI=1S/C22H24N4O2/c1-17-13-24-22(19-7-10-23-11-8-19)26(17)15-18-9-12-25(14-18)21(27)16-28-20-5-3-2-4-6-20/h2-8,10-11,13,18H,9,12,14-16H2,1H3. The Morgan fingerprint density at radius 2 is 1.96 bits per heavy atom. The molecule has 0 N–H and O–H groups in total. The zero-order valence-corrected chi connectivity index (χ0v) is 16.0. The maximum Gasteiger partial charge on any atom is 0.260 e. The normalized spacial score (nSPS) is 16.3. The molecular weight excluding hydrogens is 352 g/mol. The highest BCUT2D eigenvalue weighted by atomic mass is 16.5. The van der Waals surface area contributed by atoms with Crippen LogP contribution in [0.5, 0.6) is 5.75 Å². The minimum absolute atomic E-state index is 0.0445. The van der Waals surface area contributed by atoms with Crippen LogP contribution in [0.25, 0.3) is 11.4 Å². The van der Waals surface area contributed by atoms with E-state index in [0.29, 0.717) is 5.92 Å². The van der Waals surface area contributed by atoms with Gasteiger partial charge in [-0.2, -0.15) is 0 Å². The number of hydrogen-bond donors (Lipinski definition) is 0. The van der Waals surface area contributed by atoms with Gasteiger partial charge in [0.15, 0.2) is 6.61 Å². The topological polar surface area (TPSA) is 60.2 Å². The minimum Gasteiger partial charge on any atom is -0.484 e.